The van der Waals surface area contributed by atoms with Gasteiger partial charge >= 0.3 is 12.1 Å². The van der Waals surface area contributed by atoms with E-state index in [1.807, 2.05) is 20.8 Å². The summed E-state index contributed by atoms with van der Waals surface area (Å²) in [6.45, 7) is 8.20. The van der Waals surface area contributed by atoms with Gasteiger partial charge in [-0.1, -0.05) is 46.5 Å². The number of nitrogens with one attached hydrogen (secondary N) is 2. The van der Waals surface area contributed by atoms with Gasteiger partial charge in [0.05, 0.1) is 13.2 Å². The first-order valence-electron chi connectivity index (χ1n) is 9.40. The molecule has 2 unspecified atom stereocenters. The maximum absolute atomic E-state index is 12.6. The molecule has 7 nitrogen and oxygen atoms in total. The Morgan fingerprint density at radius 3 is 1.92 bits per heavy atom. The fraction of sp³-hybridized carbons (Fsp3) is 0.833. The molecule has 0 aliphatic carbocycles. The predicted octanol–water partition coefficient (Wildman–Crippen LogP) is 2.92. The molecule has 0 spiro atoms. The molecular weight excluding hydrogens is 324 g/mol. The number of unbranched alkanes of at least 4 members (excludes halogenated alkanes) is 2. The lowest BCUT2D eigenvalue weighted by Crippen LogP contribution is -2.52. The summed E-state index contributed by atoms with van der Waals surface area (Å²) in [5.41, 5.74) is 0. The minimum absolute atomic E-state index is 0.233. The van der Waals surface area contributed by atoms with Gasteiger partial charge in [-0.25, -0.2) is 9.59 Å². The topological polar surface area (TPSA) is 93.7 Å². The van der Waals surface area contributed by atoms with Crippen molar-refractivity contribution in [2.75, 3.05) is 13.2 Å². The van der Waals surface area contributed by atoms with E-state index in [9.17, 15) is 14.4 Å². The molecule has 0 saturated carbocycles. The fourth-order valence-corrected chi connectivity index (χ4v) is 2.22. The van der Waals surface area contributed by atoms with E-state index in [1.165, 1.54) is 0 Å². The van der Waals surface area contributed by atoms with Crippen molar-refractivity contribution in [3.05, 3.63) is 0 Å². The summed E-state index contributed by atoms with van der Waals surface area (Å²) in [7, 11) is 0. The average Bonchev–Trinajstić information content (AvgIpc) is 2.59. The van der Waals surface area contributed by atoms with Crippen molar-refractivity contribution in [1.29, 1.82) is 0 Å². The molecule has 0 bridgehead atoms. The molecule has 0 aromatic heterocycles. The molecule has 0 heterocycles. The van der Waals surface area contributed by atoms with Gasteiger partial charge in [-0.3, -0.25) is 4.79 Å². The average molecular weight is 358 g/mol. The number of amides is 2. The van der Waals surface area contributed by atoms with Crippen LogP contribution < -0.4 is 10.6 Å². The van der Waals surface area contributed by atoms with E-state index < -0.39 is 24.1 Å². The minimum Gasteiger partial charge on any atom is -0.464 e. The third-order valence-corrected chi connectivity index (χ3v) is 3.63. The van der Waals surface area contributed by atoms with Gasteiger partial charge in [-0.15, -0.1) is 0 Å². The molecule has 0 saturated heterocycles. The van der Waals surface area contributed by atoms with Gasteiger partial charge in [0.1, 0.15) is 12.1 Å². The van der Waals surface area contributed by atoms with Crippen molar-refractivity contribution in [3.63, 3.8) is 0 Å². The smallest absolute Gasteiger partial charge is 0.407 e. The minimum atomic E-state index is -0.720. The van der Waals surface area contributed by atoms with Crippen molar-refractivity contribution >= 4 is 18.0 Å². The summed E-state index contributed by atoms with van der Waals surface area (Å²) >= 11 is 0. The highest BCUT2D eigenvalue weighted by Gasteiger charge is 2.27. The number of carbonyl (C=O) groups is 3. The number of hydrogen-bond donors (Lipinski definition) is 2. The molecule has 0 rings (SSSR count). The molecule has 0 aromatic rings. The van der Waals surface area contributed by atoms with Gasteiger partial charge in [0.2, 0.25) is 5.91 Å². The van der Waals surface area contributed by atoms with Crippen LogP contribution in [0.5, 0.6) is 0 Å². The summed E-state index contributed by atoms with van der Waals surface area (Å²) in [6.07, 6.45) is 4.50. The number of rotatable bonds is 13. The van der Waals surface area contributed by atoms with Gasteiger partial charge in [-0.2, -0.15) is 0 Å². The van der Waals surface area contributed by atoms with Crippen LogP contribution >= 0.6 is 0 Å². The summed E-state index contributed by atoms with van der Waals surface area (Å²) in [4.78, 5) is 36.4. The Labute approximate surface area is 151 Å². The van der Waals surface area contributed by atoms with E-state index in [1.54, 1.807) is 6.92 Å². The zero-order valence-electron chi connectivity index (χ0n) is 16.1. The predicted molar refractivity (Wildman–Crippen MR) is 96.2 cm³/mol. The fourth-order valence-electron chi connectivity index (χ4n) is 2.22. The standard InChI is InChI=1S/C18H34N2O5/c1-5-9-11-14(20-18(23)24-8-4)16(21)19-15(12-10-6-2)17(22)25-13-7-3/h14-15H,5-13H2,1-4H3,(H,19,21)(H,20,23). The van der Waals surface area contributed by atoms with Crippen molar-refractivity contribution < 1.29 is 23.9 Å². The number of alkyl carbamates (subject to hydrolysis) is 1. The second-order valence-electron chi connectivity index (χ2n) is 5.93. The first-order valence-corrected chi connectivity index (χ1v) is 9.40. The molecule has 0 fully saturated rings. The number of ether oxygens (including phenoxy) is 2. The molecule has 2 atom stereocenters. The van der Waals surface area contributed by atoms with Crippen LogP contribution in [0, 0.1) is 0 Å². The molecule has 0 radical (unpaired) electrons. The van der Waals surface area contributed by atoms with Crippen LogP contribution in [0.4, 0.5) is 4.79 Å². The molecule has 7 heteroatoms. The molecule has 0 aliphatic heterocycles. The van der Waals surface area contributed by atoms with Gasteiger partial charge < -0.3 is 20.1 Å². The Morgan fingerprint density at radius 2 is 1.40 bits per heavy atom. The SMILES string of the molecule is CCCCC(NC(=O)OCC)C(=O)NC(CCCC)C(=O)OCCC. The maximum Gasteiger partial charge on any atom is 0.407 e. The van der Waals surface area contributed by atoms with Gasteiger partial charge in [0.25, 0.3) is 0 Å². The summed E-state index contributed by atoms with van der Waals surface area (Å²) in [5, 5.41) is 5.30. The van der Waals surface area contributed by atoms with Crippen molar-refractivity contribution in [3.8, 4) is 0 Å². The van der Waals surface area contributed by atoms with Crippen LogP contribution in [0.25, 0.3) is 0 Å². The zero-order valence-corrected chi connectivity index (χ0v) is 16.1. The lowest BCUT2D eigenvalue weighted by molar-refractivity contribution is -0.148. The van der Waals surface area contributed by atoms with Crippen molar-refractivity contribution in [2.45, 2.75) is 84.7 Å². The summed E-state index contributed by atoms with van der Waals surface area (Å²) in [5.74, 6) is -0.801. The monoisotopic (exact) mass is 358 g/mol. The third kappa shape index (κ3) is 10.6. The van der Waals surface area contributed by atoms with Gasteiger partial charge in [0.15, 0.2) is 0 Å². The van der Waals surface area contributed by atoms with Crippen LogP contribution in [-0.4, -0.2) is 43.3 Å². The molecule has 25 heavy (non-hydrogen) atoms. The Bertz CT molecular complexity index is 401. The molecule has 2 N–H and O–H groups in total. The van der Waals surface area contributed by atoms with Crippen molar-refractivity contribution in [1.82, 2.24) is 10.6 Å². The van der Waals surface area contributed by atoms with Crippen LogP contribution in [0.2, 0.25) is 0 Å². The second-order valence-corrected chi connectivity index (χ2v) is 5.93. The number of hydrogen-bond acceptors (Lipinski definition) is 5. The second kappa shape index (κ2) is 14.5. The third-order valence-electron chi connectivity index (χ3n) is 3.63. The quantitative estimate of drug-likeness (QED) is 0.494. The van der Waals surface area contributed by atoms with E-state index in [2.05, 4.69) is 10.6 Å². The highest BCUT2D eigenvalue weighted by Crippen LogP contribution is 2.07. The van der Waals surface area contributed by atoms with Crippen LogP contribution in [-0.2, 0) is 19.1 Å². The zero-order chi connectivity index (χ0) is 19.1. The Morgan fingerprint density at radius 1 is 0.800 bits per heavy atom. The van der Waals surface area contributed by atoms with Crippen LogP contribution in [0.1, 0.15) is 72.6 Å². The lowest BCUT2D eigenvalue weighted by Gasteiger charge is -2.22. The van der Waals surface area contributed by atoms with Gasteiger partial charge in [0, 0.05) is 0 Å². The maximum atomic E-state index is 12.6. The van der Waals surface area contributed by atoms with Crippen LogP contribution in [0.15, 0.2) is 0 Å². The lowest BCUT2D eigenvalue weighted by atomic mass is 10.1. The highest BCUT2D eigenvalue weighted by atomic mass is 16.5. The van der Waals surface area contributed by atoms with E-state index in [-0.39, 0.29) is 12.5 Å². The summed E-state index contributed by atoms with van der Waals surface area (Å²) < 4.78 is 10.0. The summed E-state index contributed by atoms with van der Waals surface area (Å²) in [6, 6.07) is -1.41. The molecule has 2 amide bonds. The largest absolute Gasteiger partial charge is 0.464 e. The van der Waals surface area contributed by atoms with E-state index >= 15 is 0 Å². The van der Waals surface area contributed by atoms with E-state index in [0.717, 1.165) is 32.1 Å². The molecule has 0 aromatic carbocycles. The molecule has 146 valence electrons. The first kappa shape index (κ1) is 23.2. The number of carbonyl (C=O) groups excluding carboxylic acids is 3. The van der Waals surface area contributed by atoms with E-state index in [0.29, 0.717) is 19.4 Å². The van der Waals surface area contributed by atoms with Crippen LogP contribution in [0.3, 0.4) is 0 Å². The van der Waals surface area contributed by atoms with E-state index in [4.69, 9.17) is 9.47 Å². The highest BCUT2D eigenvalue weighted by molar-refractivity contribution is 5.89. The van der Waals surface area contributed by atoms with Gasteiger partial charge in [-0.05, 0) is 26.2 Å². The molecular formula is C18H34N2O5. The number of esters is 1. The normalized spacial score (nSPS) is 12.8. The Balaban J connectivity index is 4.88. The Hall–Kier alpha value is -1.79. The molecule has 0 aliphatic rings. The Kier molecular flexibility index (Phi) is 13.5. The van der Waals surface area contributed by atoms with Crippen molar-refractivity contribution in [2.24, 2.45) is 0 Å². The first-order chi connectivity index (χ1) is 12.0.